The Labute approximate surface area is 171 Å². The quantitative estimate of drug-likeness (QED) is 0.438. The molecule has 0 fully saturated rings. The summed E-state index contributed by atoms with van der Waals surface area (Å²) in [5.41, 5.74) is 1.82. The molecule has 5 nitrogen and oxygen atoms in total. The first kappa shape index (κ1) is 20.8. The van der Waals surface area contributed by atoms with Crippen LogP contribution in [0.25, 0.3) is 22.4 Å². The molecule has 0 unspecified atom stereocenters. The SMILES string of the molecule is OCCCNc1cc(-c2ccccc2OC(F)F)cc(-c2cc(Cl)ccc2O)n1. The van der Waals surface area contributed by atoms with Gasteiger partial charge in [0.2, 0.25) is 0 Å². The molecule has 0 radical (unpaired) electrons. The molecule has 0 bridgehead atoms. The Balaban J connectivity index is 2.12. The molecule has 0 aliphatic carbocycles. The number of hydrogen-bond donors (Lipinski definition) is 3. The molecule has 0 atom stereocenters. The minimum atomic E-state index is -2.96. The number of hydrogen-bond acceptors (Lipinski definition) is 5. The van der Waals surface area contributed by atoms with Crippen LogP contribution < -0.4 is 10.1 Å². The van der Waals surface area contributed by atoms with E-state index in [2.05, 4.69) is 15.0 Å². The normalized spacial score (nSPS) is 10.9. The van der Waals surface area contributed by atoms with Crippen LogP contribution in [-0.2, 0) is 0 Å². The molecule has 3 aromatic rings. The maximum absolute atomic E-state index is 12.8. The van der Waals surface area contributed by atoms with Gasteiger partial charge in [0.05, 0.1) is 5.69 Å². The Hall–Kier alpha value is -2.90. The second-order valence-electron chi connectivity index (χ2n) is 6.17. The summed E-state index contributed by atoms with van der Waals surface area (Å²) >= 11 is 6.06. The number of nitrogens with zero attached hydrogens (tertiary/aromatic N) is 1. The Morgan fingerprint density at radius 2 is 1.86 bits per heavy atom. The number of para-hydroxylation sites is 1. The monoisotopic (exact) mass is 420 g/mol. The Kier molecular flexibility index (Phi) is 6.85. The molecule has 0 saturated carbocycles. The number of anilines is 1. The smallest absolute Gasteiger partial charge is 0.387 e. The average Bonchev–Trinajstić information content (AvgIpc) is 2.70. The fourth-order valence-electron chi connectivity index (χ4n) is 2.83. The van der Waals surface area contributed by atoms with Crippen LogP contribution in [0.15, 0.2) is 54.6 Å². The number of aromatic hydroxyl groups is 1. The van der Waals surface area contributed by atoms with Crippen molar-refractivity contribution in [2.45, 2.75) is 13.0 Å². The lowest BCUT2D eigenvalue weighted by atomic mass is 10.0. The Morgan fingerprint density at radius 3 is 2.62 bits per heavy atom. The topological polar surface area (TPSA) is 74.6 Å². The van der Waals surface area contributed by atoms with Crippen molar-refractivity contribution < 1.29 is 23.7 Å². The summed E-state index contributed by atoms with van der Waals surface area (Å²) in [6.07, 6.45) is 0.509. The standard InChI is InChI=1S/C21H19ClF2N2O3/c22-14-6-7-18(28)16(12-14)17-10-13(11-20(26-17)25-8-3-9-27)15-4-1-2-5-19(15)29-21(23)24/h1-2,4-7,10-12,21,27-28H,3,8-9H2,(H,25,26). The van der Waals surface area contributed by atoms with Crippen molar-refractivity contribution in [3.63, 3.8) is 0 Å². The molecule has 2 aromatic carbocycles. The van der Waals surface area contributed by atoms with E-state index < -0.39 is 6.61 Å². The zero-order valence-electron chi connectivity index (χ0n) is 15.3. The van der Waals surface area contributed by atoms with Gasteiger partial charge in [-0.1, -0.05) is 29.8 Å². The second-order valence-corrected chi connectivity index (χ2v) is 6.60. The van der Waals surface area contributed by atoms with Gasteiger partial charge < -0.3 is 20.3 Å². The van der Waals surface area contributed by atoms with Crippen molar-refractivity contribution in [3.05, 3.63) is 59.6 Å². The second kappa shape index (κ2) is 9.54. The van der Waals surface area contributed by atoms with E-state index in [-0.39, 0.29) is 18.1 Å². The minimum absolute atomic E-state index is 0.0136. The lowest BCUT2D eigenvalue weighted by Crippen LogP contribution is -2.06. The van der Waals surface area contributed by atoms with Crippen molar-refractivity contribution in [3.8, 4) is 33.9 Å². The highest BCUT2D eigenvalue weighted by atomic mass is 35.5. The first-order valence-electron chi connectivity index (χ1n) is 8.88. The lowest BCUT2D eigenvalue weighted by Gasteiger charge is -2.14. The molecule has 0 saturated heterocycles. The van der Waals surface area contributed by atoms with Crippen LogP contribution in [0.1, 0.15) is 6.42 Å². The number of aliphatic hydroxyl groups is 1. The van der Waals surface area contributed by atoms with Gasteiger partial charge in [-0.2, -0.15) is 8.78 Å². The van der Waals surface area contributed by atoms with Gasteiger partial charge in [-0.25, -0.2) is 4.98 Å². The highest BCUT2D eigenvalue weighted by Gasteiger charge is 2.15. The molecule has 1 heterocycles. The van der Waals surface area contributed by atoms with Gasteiger partial charge in [0.1, 0.15) is 17.3 Å². The molecule has 29 heavy (non-hydrogen) atoms. The van der Waals surface area contributed by atoms with E-state index in [0.29, 0.717) is 46.2 Å². The van der Waals surface area contributed by atoms with Crippen molar-refractivity contribution in [1.29, 1.82) is 0 Å². The summed E-state index contributed by atoms with van der Waals surface area (Å²) in [5.74, 6) is 0.464. The zero-order valence-corrected chi connectivity index (χ0v) is 16.0. The highest BCUT2D eigenvalue weighted by molar-refractivity contribution is 6.31. The molecular formula is C21H19ClF2N2O3. The van der Waals surface area contributed by atoms with Crippen LogP contribution in [0.2, 0.25) is 5.02 Å². The van der Waals surface area contributed by atoms with Crippen LogP contribution in [0.5, 0.6) is 11.5 Å². The predicted octanol–water partition coefficient (Wildman–Crippen LogP) is 5.17. The first-order chi connectivity index (χ1) is 14.0. The van der Waals surface area contributed by atoms with Crippen molar-refractivity contribution in [2.75, 3.05) is 18.5 Å². The third kappa shape index (κ3) is 5.34. The van der Waals surface area contributed by atoms with Crippen molar-refractivity contribution in [2.24, 2.45) is 0 Å². The van der Waals surface area contributed by atoms with E-state index in [1.807, 2.05) is 0 Å². The lowest BCUT2D eigenvalue weighted by molar-refractivity contribution is -0.0494. The number of pyridine rings is 1. The maximum Gasteiger partial charge on any atom is 0.387 e. The van der Waals surface area contributed by atoms with E-state index in [9.17, 15) is 13.9 Å². The number of aliphatic hydroxyl groups excluding tert-OH is 1. The molecule has 0 aliphatic rings. The van der Waals surface area contributed by atoms with Gasteiger partial charge >= 0.3 is 6.61 Å². The fraction of sp³-hybridized carbons (Fsp3) is 0.190. The van der Waals surface area contributed by atoms with E-state index in [1.165, 1.54) is 12.1 Å². The Morgan fingerprint density at radius 1 is 1.07 bits per heavy atom. The maximum atomic E-state index is 12.8. The van der Waals surface area contributed by atoms with Crippen LogP contribution in [0.4, 0.5) is 14.6 Å². The summed E-state index contributed by atoms with van der Waals surface area (Å²) in [5, 5.41) is 22.8. The Bertz CT molecular complexity index is 986. The number of phenols is 1. The fourth-order valence-corrected chi connectivity index (χ4v) is 3.00. The van der Waals surface area contributed by atoms with Gasteiger partial charge in [-0.15, -0.1) is 0 Å². The molecular weight excluding hydrogens is 402 g/mol. The number of rotatable bonds is 8. The van der Waals surface area contributed by atoms with Crippen molar-refractivity contribution in [1.82, 2.24) is 4.98 Å². The summed E-state index contributed by atoms with van der Waals surface area (Å²) in [7, 11) is 0. The van der Waals surface area contributed by atoms with Crippen molar-refractivity contribution >= 4 is 17.4 Å². The van der Waals surface area contributed by atoms with E-state index >= 15 is 0 Å². The third-order valence-electron chi connectivity index (χ3n) is 4.12. The molecule has 0 spiro atoms. The number of aromatic nitrogens is 1. The molecule has 1 aromatic heterocycles. The summed E-state index contributed by atoms with van der Waals surface area (Å²) in [6, 6.07) is 14.4. The number of phenolic OH excluding ortho intramolecular Hbond substituents is 1. The van der Waals surface area contributed by atoms with Crippen LogP contribution >= 0.6 is 11.6 Å². The number of nitrogens with one attached hydrogen (secondary N) is 1. The number of halogens is 3. The van der Waals surface area contributed by atoms with Gasteiger partial charge in [-0.05, 0) is 48.4 Å². The summed E-state index contributed by atoms with van der Waals surface area (Å²) in [4.78, 5) is 4.49. The van der Waals surface area contributed by atoms with Crippen LogP contribution in [0, 0.1) is 0 Å². The molecule has 152 valence electrons. The average molecular weight is 421 g/mol. The van der Waals surface area contributed by atoms with Gasteiger partial charge in [0.25, 0.3) is 0 Å². The minimum Gasteiger partial charge on any atom is -0.507 e. The summed E-state index contributed by atoms with van der Waals surface area (Å²) in [6.45, 7) is -2.49. The van der Waals surface area contributed by atoms with E-state index in [1.54, 1.807) is 42.5 Å². The van der Waals surface area contributed by atoms with E-state index in [4.69, 9.17) is 16.7 Å². The van der Waals surface area contributed by atoms with Gasteiger partial charge in [-0.3, -0.25) is 0 Å². The molecule has 8 heteroatoms. The summed E-state index contributed by atoms with van der Waals surface area (Å²) < 4.78 is 30.3. The molecule has 3 N–H and O–H groups in total. The van der Waals surface area contributed by atoms with Gasteiger partial charge in [0, 0.05) is 29.3 Å². The number of benzene rings is 2. The zero-order chi connectivity index (χ0) is 20.8. The van der Waals surface area contributed by atoms with E-state index in [0.717, 1.165) is 0 Å². The highest BCUT2D eigenvalue weighted by Crippen LogP contribution is 2.37. The number of alkyl halides is 2. The molecule has 0 aliphatic heterocycles. The first-order valence-corrected chi connectivity index (χ1v) is 9.25. The largest absolute Gasteiger partial charge is 0.507 e. The van der Waals surface area contributed by atoms with Crippen LogP contribution in [-0.4, -0.2) is 35.0 Å². The molecule has 3 rings (SSSR count). The van der Waals surface area contributed by atoms with Crippen LogP contribution in [0.3, 0.4) is 0 Å². The third-order valence-corrected chi connectivity index (χ3v) is 4.35. The number of ether oxygens (including phenoxy) is 1. The molecule has 0 amide bonds. The van der Waals surface area contributed by atoms with Gasteiger partial charge in [0.15, 0.2) is 0 Å². The predicted molar refractivity (Wildman–Crippen MR) is 109 cm³/mol.